The highest BCUT2D eigenvalue weighted by Gasteiger charge is 2.51. The second-order valence-corrected chi connectivity index (χ2v) is 10.1. The van der Waals surface area contributed by atoms with Gasteiger partial charge in [0, 0.05) is 20.1 Å². The van der Waals surface area contributed by atoms with Crippen LogP contribution in [0.4, 0.5) is 9.59 Å². The highest BCUT2D eigenvalue weighted by Crippen LogP contribution is 2.32. The van der Waals surface area contributed by atoms with E-state index in [-0.39, 0.29) is 50.1 Å². The molecule has 4 rings (SSSR count). The molecule has 2 aromatic carbocycles. The van der Waals surface area contributed by atoms with Gasteiger partial charge in [-0.15, -0.1) is 0 Å². The zero-order valence-electron chi connectivity index (χ0n) is 23.6. The number of amides is 5. The van der Waals surface area contributed by atoms with E-state index in [4.69, 9.17) is 4.74 Å². The van der Waals surface area contributed by atoms with Crippen molar-refractivity contribution in [3.8, 4) is 0 Å². The van der Waals surface area contributed by atoms with Crippen LogP contribution in [0.5, 0.6) is 0 Å². The van der Waals surface area contributed by atoms with Crippen molar-refractivity contribution in [3.05, 3.63) is 84.4 Å². The van der Waals surface area contributed by atoms with Crippen LogP contribution in [0.25, 0.3) is 0 Å². The number of likely N-dealkylation sites (N-methyl/N-ethyl adjacent to an activating group) is 1. The van der Waals surface area contributed by atoms with Crippen LogP contribution in [0.15, 0.2) is 73.3 Å². The summed E-state index contributed by atoms with van der Waals surface area (Å²) >= 11 is 0. The first-order valence-electron chi connectivity index (χ1n) is 13.8. The fourth-order valence-electron chi connectivity index (χ4n) is 5.33. The van der Waals surface area contributed by atoms with Crippen LogP contribution in [-0.2, 0) is 20.9 Å². The summed E-state index contributed by atoms with van der Waals surface area (Å²) in [6, 6.07) is 17.8. The van der Waals surface area contributed by atoms with E-state index in [0.29, 0.717) is 19.4 Å². The quantitative estimate of drug-likeness (QED) is 0.340. The number of nitrogens with zero attached hydrogens (tertiary/aromatic N) is 4. The molecular weight excluding hydrogens is 524 g/mol. The van der Waals surface area contributed by atoms with Crippen molar-refractivity contribution in [3.63, 3.8) is 0 Å². The molecule has 2 aromatic rings. The molecule has 0 radical (unpaired) electrons. The van der Waals surface area contributed by atoms with E-state index < -0.39 is 18.3 Å². The van der Waals surface area contributed by atoms with Gasteiger partial charge in [0.15, 0.2) is 0 Å². The van der Waals surface area contributed by atoms with Gasteiger partial charge in [-0.2, -0.15) is 0 Å². The van der Waals surface area contributed by atoms with Crippen molar-refractivity contribution < 1.29 is 23.9 Å². The van der Waals surface area contributed by atoms with Gasteiger partial charge in [-0.1, -0.05) is 73.3 Å². The second kappa shape index (κ2) is 13.8. The lowest BCUT2D eigenvalue weighted by atomic mass is 9.98. The first-order chi connectivity index (χ1) is 19.8. The molecule has 2 heterocycles. The Kier molecular flexibility index (Phi) is 9.96. The molecule has 2 fully saturated rings. The average Bonchev–Trinajstić information content (AvgIpc) is 2.98. The summed E-state index contributed by atoms with van der Waals surface area (Å²) in [6.45, 7) is 6.27. The van der Waals surface area contributed by atoms with Gasteiger partial charge in [0.1, 0.15) is 18.8 Å². The fourth-order valence-corrected chi connectivity index (χ4v) is 5.33. The SMILES string of the molecule is C=CCOC(=O)NCCC[C@H]1C(=O)N([C@@H](C)c2ccccc2)CC2N1C(=O)CN(C)N2C(=O)NCc1ccccc1. The van der Waals surface area contributed by atoms with Crippen molar-refractivity contribution in [2.24, 2.45) is 0 Å². The molecule has 0 bridgehead atoms. The molecule has 218 valence electrons. The van der Waals surface area contributed by atoms with Gasteiger partial charge < -0.3 is 25.2 Å². The van der Waals surface area contributed by atoms with E-state index in [1.54, 1.807) is 26.9 Å². The number of rotatable bonds is 10. The Morgan fingerprint density at radius 1 is 1.07 bits per heavy atom. The van der Waals surface area contributed by atoms with Crippen LogP contribution in [0, 0.1) is 0 Å². The smallest absolute Gasteiger partial charge is 0.407 e. The number of nitrogens with one attached hydrogen (secondary N) is 2. The van der Waals surface area contributed by atoms with Crippen molar-refractivity contribution >= 4 is 23.9 Å². The van der Waals surface area contributed by atoms with E-state index in [1.165, 1.54) is 6.08 Å². The van der Waals surface area contributed by atoms with Gasteiger partial charge >= 0.3 is 12.1 Å². The standard InChI is InChI=1S/C30H38N6O5/c1-4-18-41-30(40)31-17-11-16-25-28(38)34(22(2)24-14-9-6-10-15-24)20-26-35(25)27(37)21-33(3)36(26)29(39)32-19-23-12-7-5-8-13-23/h4-10,12-15,22,25-26H,1,11,16-21H2,2-3H3,(H,31,40)(H,32,39)/t22-,25-,26?/m0/s1. The monoisotopic (exact) mass is 562 g/mol. The molecule has 41 heavy (non-hydrogen) atoms. The van der Waals surface area contributed by atoms with Crippen LogP contribution < -0.4 is 10.6 Å². The van der Waals surface area contributed by atoms with Crippen LogP contribution in [-0.4, -0.2) is 89.3 Å². The number of ether oxygens (including phenoxy) is 1. The molecule has 0 aromatic heterocycles. The number of fused-ring (bicyclic) bond motifs is 1. The Morgan fingerprint density at radius 3 is 2.44 bits per heavy atom. The molecule has 0 aliphatic carbocycles. The molecule has 2 aliphatic heterocycles. The van der Waals surface area contributed by atoms with Gasteiger partial charge in [-0.05, 0) is 30.9 Å². The fraction of sp³-hybridized carbons (Fsp3) is 0.400. The van der Waals surface area contributed by atoms with Gasteiger partial charge in [-0.3, -0.25) is 9.59 Å². The molecule has 0 saturated carbocycles. The van der Waals surface area contributed by atoms with Gasteiger partial charge in [-0.25, -0.2) is 19.6 Å². The lowest BCUT2D eigenvalue weighted by Gasteiger charge is -2.55. The molecule has 2 N–H and O–H groups in total. The minimum atomic E-state index is -0.795. The number of hydrogen-bond donors (Lipinski definition) is 2. The lowest BCUT2D eigenvalue weighted by molar-refractivity contribution is -0.189. The number of alkyl carbamates (subject to hydrolysis) is 1. The number of benzene rings is 2. The number of hydrogen-bond acceptors (Lipinski definition) is 6. The normalized spacial score (nSPS) is 19.8. The topological polar surface area (TPSA) is 115 Å². The Morgan fingerprint density at radius 2 is 1.76 bits per heavy atom. The van der Waals surface area contributed by atoms with Crippen molar-refractivity contribution in [2.75, 3.05) is 33.3 Å². The molecule has 11 nitrogen and oxygen atoms in total. The molecule has 5 amide bonds. The number of urea groups is 1. The highest BCUT2D eigenvalue weighted by atomic mass is 16.5. The van der Waals surface area contributed by atoms with E-state index in [9.17, 15) is 19.2 Å². The predicted molar refractivity (Wildman–Crippen MR) is 153 cm³/mol. The molecule has 3 atom stereocenters. The van der Waals surface area contributed by atoms with E-state index in [0.717, 1.165) is 11.1 Å². The highest BCUT2D eigenvalue weighted by molar-refractivity contribution is 5.91. The summed E-state index contributed by atoms with van der Waals surface area (Å²) in [4.78, 5) is 56.1. The van der Waals surface area contributed by atoms with Crippen LogP contribution in [0.3, 0.4) is 0 Å². The second-order valence-electron chi connectivity index (χ2n) is 10.1. The zero-order chi connectivity index (χ0) is 29.4. The van der Waals surface area contributed by atoms with Gasteiger partial charge in [0.25, 0.3) is 0 Å². The van der Waals surface area contributed by atoms with Crippen LogP contribution >= 0.6 is 0 Å². The van der Waals surface area contributed by atoms with Crippen LogP contribution in [0.2, 0.25) is 0 Å². The maximum atomic E-state index is 14.0. The minimum Gasteiger partial charge on any atom is -0.445 e. The summed E-state index contributed by atoms with van der Waals surface area (Å²) in [5, 5.41) is 8.78. The Balaban J connectivity index is 1.56. The molecule has 2 aliphatic rings. The van der Waals surface area contributed by atoms with Crippen LogP contribution in [0.1, 0.15) is 36.9 Å². The molecule has 2 saturated heterocycles. The van der Waals surface area contributed by atoms with Gasteiger partial charge in [0.05, 0.1) is 19.1 Å². The Labute approximate surface area is 240 Å². The lowest BCUT2D eigenvalue weighted by Crippen LogP contribution is -2.76. The minimum absolute atomic E-state index is 0.0423. The molecule has 0 spiro atoms. The average molecular weight is 563 g/mol. The summed E-state index contributed by atoms with van der Waals surface area (Å²) in [6.07, 6.45) is 0.943. The van der Waals surface area contributed by atoms with E-state index in [2.05, 4.69) is 17.2 Å². The third kappa shape index (κ3) is 7.04. The third-order valence-corrected chi connectivity index (χ3v) is 7.39. The predicted octanol–water partition coefficient (Wildman–Crippen LogP) is 2.88. The van der Waals surface area contributed by atoms with Crippen molar-refractivity contribution in [2.45, 2.75) is 44.6 Å². The van der Waals surface area contributed by atoms with Crippen molar-refractivity contribution in [1.82, 2.24) is 30.5 Å². The van der Waals surface area contributed by atoms with Gasteiger partial charge in [0.2, 0.25) is 11.8 Å². The summed E-state index contributed by atoms with van der Waals surface area (Å²) < 4.78 is 4.95. The molecular formula is C30H38N6O5. The Bertz CT molecular complexity index is 1230. The summed E-state index contributed by atoms with van der Waals surface area (Å²) in [7, 11) is 1.70. The first-order valence-corrected chi connectivity index (χ1v) is 13.8. The maximum Gasteiger partial charge on any atom is 0.407 e. The summed E-state index contributed by atoms with van der Waals surface area (Å²) in [5.74, 6) is -0.414. The zero-order valence-corrected chi connectivity index (χ0v) is 23.6. The summed E-state index contributed by atoms with van der Waals surface area (Å²) in [5.41, 5.74) is 1.90. The molecule has 11 heteroatoms. The molecule has 1 unspecified atom stereocenters. The maximum absolute atomic E-state index is 14.0. The van der Waals surface area contributed by atoms with E-state index in [1.807, 2.05) is 67.6 Å². The number of hydrazine groups is 1. The number of carbonyl (C=O) groups excluding carboxylic acids is 4. The largest absolute Gasteiger partial charge is 0.445 e. The Hall–Kier alpha value is -4.38. The van der Waals surface area contributed by atoms with E-state index >= 15 is 0 Å². The first kappa shape index (κ1) is 29.6. The van der Waals surface area contributed by atoms with Crippen molar-refractivity contribution in [1.29, 1.82) is 0 Å². The number of piperazine rings is 1. The third-order valence-electron chi connectivity index (χ3n) is 7.39. The number of carbonyl (C=O) groups is 4.